The van der Waals surface area contributed by atoms with Crippen molar-refractivity contribution in [1.82, 2.24) is 9.97 Å². The van der Waals surface area contributed by atoms with Crippen LogP contribution in [0.2, 0.25) is 0 Å². The van der Waals surface area contributed by atoms with Crippen LogP contribution in [-0.4, -0.2) is 34.7 Å². The minimum atomic E-state index is -0.930. The van der Waals surface area contributed by atoms with Crippen LogP contribution in [0.1, 0.15) is 34.0 Å². The third-order valence-electron chi connectivity index (χ3n) is 6.01. The average Bonchev–Trinajstić information content (AvgIpc) is 2.84. The Morgan fingerprint density at radius 2 is 1.88 bits per heavy atom. The molecule has 6 heteroatoms. The van der Waals surface area contributed by atoms with Gasteiger partial charge in [-0.1, -0.05) is 43.3 Å². The molecule has 33 heavy (non-hydrogen) atoms. The summed E-state index contributed by atoms with van der Waals surface area (Å²) in [4.78, 5) is 20.4. The van der Waals surface area contributed by atoms with Gasteiger partial charge in [0.05, 0.1) is 18.4 Å². The molecule has 0 fully saturated rings. The molecule has 0 radical (unpaired) electrons. The van der Waals surface area contributed by atoms with Crippen LogP contribution in [0.4, 0.5) is 5.82 Å². The number of hydrogen-bond donors (Lipinski definition) is 2. The SMILES string of the molecule is CCc1c(C(=O)O)cccc1-c1cc(NCCc2c(OC)cc3ccccc3c2C)ncn1. The van der Waals surface area contributed by atoms with E-state index in [0.29, 0.717) is 30.0 Å². The van der Waals surface area contributed by atoms with E-state index in [-0.39, 0.29) is 0 Å². The Morgan fingerprint density at radius 3 is 2.64 bits per heavy atom. The van der Waals surface area contributed by atoms with Crippen LogP contribution in [0.3, 0.4) is 0 Å². The maximum Gasteiger partial charge on any atom is 0.335 e. The lowest BCUT2D eigenvalue weighted by atomic mass is 9.96. The number of carbonyl (C=O) groups is 1. The van der Waals surface area contributed by atoms with E-state index in [9.17, 15) is 9.90 Å². The highest BCUT2D eigenvalue weighted by Crippen LogP contribution is 2.31. The molecule has 0 saturated heterocycles. The zero-order chi connectivity index (χ0) is 23.4. The zero-order valence-electron chi connectivity index (χ0n) is 19.1. The van der Waals surface area contributed by atoms with Crippen LogP contribution in [0.25, 0.3) is 22.0 Å². The fourth-order valence-corrected chi connectivity index (χ4v) is 4.36. The summed E-state index contributed by atoms with van der Waals surface area (Å²) in [5, 5.41) is 15.3. The van der Waals surface area contributed by atoms with Gasteiger partial charge in [0.2, 0.25) is 0 Å². The Hall–Kier alpha value is -3.93. The number of nitrogens with zero attached hydrogens (tertiary/aromatic N) is 2. The number of nitrogens with one attached hydrogen (secondary N) is 1. The van der Waals surface area contributed by atoms with E-state index in [1.807, 2.05) is 25.1 Å². The average molecular weight is 442 g/mol. The van der Waals surface area contributed by atoms with Gasteiger partial charge in [-0.15, -0.1) is 0 Å². The third kappa shape index (κ3) is 4.51. The molecule has 1 aromatic heterocycles. The van der Waals surface area contributed by atoms with Crippen molar-refractivity contribution in [2.24, 2.45) is 0 Å². The van der Waals surface area contributed by atoms with Crippen LogP contribution in [0.15, 0.2) is 60.9 Å². The van der Waals surface area contributed by atoms with Gasteiger partial charge in [0.25, 0.3) is 0 Å². The van der Waals surface area contributed by atoms with Crippen molar-refractivity contribution in [3.05, 3.63) is 83.2 Å². The van der Waals surface area contributed by atoms with Gasteiger partial charge in [-0.3, -0.25) is 0 Å². The molecule has 0 bridgehead atoms. The van der Waals surface area contributed by atoms with Gasteiger partial charge < -0.3 is 15.2 Å². The number of aryl methyl sites for hydroxylation is 1. The second-order valence-electron chi connectivity index (χ2n) is 7.86. The molecule has 168 valence electrons. The van der Waals surface area contributed by atoms with E-state index in [0.717, 1.165) is 23.3 Å². The molecule has 2 N–H and O–H groups in total. The highest BCUT2D eigenvalue weighted by atomic mass is 16.5. The van der Waals surface area contributed by atoms with Gasteiger partial charge >= 0.3 is 5.97 Å². The van der Waals surface area contributed by atoms with Crippen LogP contribution < -0.4 is 10.1 Å². The minimum Gasteiger partial charge on any atom is -0.496 e. The molecular weight excluding hydrogens is 414 g/mol. The lowest BCUT2D eigenvalue weighted by molar-refractivity contribution is 0.0696. The van der Waals surface area contributed by atoms with Gasteiger partial charge in [-0.2, -0.15) is 0 Å². The predicted molar refractivity (Wildman–Crippen MR) is 131 cm³/mol. The monoisotopic (exact) mass is 441 g/mol. The number of fused-ring (bicyclic) bond motifs is 1. The maximum atomic E-state index is 11.6. The Bertz CT molecular complexity index is 1320. The normalized spacial score (nSPS) is 10.9. The van der Waals surface area contributed by atoms with Crippen LogP contribution in [0, 0.1) is 6.92 Å². The Labute approximate surface area is 193 Å². The van der Waals surface area contributed by atoms with E-state index < -0.39 is 5.97 Å². The van der Waals surface area contributed by atoms with Crippen LogP contribution in [0.5, 0.6) is 5.75 Å². The number of hydrogen-bond acceptors (Lipinski definition) is 5. The van der Waals surface area contributed by atoms with Gasteiger partial charge in [-0.05, 0) is 59.4 Å². The van der Waals surface area contributed by atoms with Gasteiger partial charge in [0.1, 0.15) is 17.9 Å². The smallest absolute Gasteiger partial charge is 0.335 e. The Kier molecular flexibility index (Phi) is 6.54. The second kappa shape index (κ2) is 9.69. The molecule has 0 amide bonds. The molecule has 0 atom stereocenters. The number of carboxylic acid groups (broad SMARTS) is 1. The summed E-state index contributed by atoms with van der Waals surface area (Å²) in [7, 11) is 1.70. The first-order chi connectivity index (χ1) is 16.0. The van der Waals surface area contributed by atoms with Crippen molar-refractivity contribution in [3.63, 3.8) is 0 Å². The molecule has 4 aromatic rings. The molecule has 3 aromatic carbocycles. The fraction of sp³-hybridized carbons (Fsp3) is 0.222. The fourth-order valence-electron chi connectivity index (χ4n) is 4.36. The van der Waals surface area contributed by atoms with Crippen LogP contribution in [-0.2, 0) is 12.8 Å². The largest absolute Gasteiger partial charge is 0.496 e. The molecule has 1 heterocycles. The van der Waals surface area contributed by atoms with Crippen molar-refractivity contribution in [3.8, 4) is 17.0 Å². The molecule has 0 aliphatic rings. The molecule has 0 spiro atoms. The summed E-state index contributed by atoms with van der Waals surface area (Å²) in [5.74, 6) is 0.649. The number of ether oxygens (including phenoxy) is 1. The lowest BCUT2D eigenvalue weighted by Crippen LogP contribution is -2.09. The molecular formula is C27H27N3O3. The summed E-state index contributed by atoms with van der Waals surface area (Å²) >= 11 is 0. The van der Waals surface area contributed by atoms with E-state index in [2.05, 4.69) is 46.5 Å². The number of anilines is 1. The number of methoxy groups -OCH3 is 1. The van der Waals surface area contributed by atoms with Crippen molar-refractivity contribution < 1.29 is 14.6 Å². The first-order valence-electron chi connectivity index (χ1n) is 11.0. The maximum absolute atomic E-state index is 11.6. The van der Waals surface area contributed by atoms with E-state index in [4.69, 9.17) is 4.74 Å². The molecule has 0 aliphatic heterocycles. The molecule has 0 unspecified atom stereocenters. The first kappa shape index (κ1) is 22.3. The van der Waals surface area contributed by atoms with Crippen molar-refractivity contribution in [1.29, 1.82) is 0 Å². The molecule has 0 saturated carbocycles. The number of rotatable bonds is 8. The van der Waals surface area contributed by atoms with Crippen LogP contribution >= 0.6 is 0 Å². The highest BCUT2D eigenvalue weighted by Gasteiger charge is 2.15. The van der Waals surface area contributed by atoms with Crippen molar-refractivity contribution >= 4 is 22.6 Å². The summed E-state index contributed by atoms with van der Waals surface area (Å²) in [6.07, 6.45) is 2.88. The van der Waals surface area contributed by atoms with Gasteiger partial charge in [0.15, 0.2) is 0 Å². The molecule has 6 nitrogen and oxygen atoms in total. The Balaban J connectivity index is 1.56. The minimum absolute atomic E-state index is 0.307. The van der Waals surface area contributed by atoms with Crippen molar-refractivity contribution in [2.75, 3.05) is 19.0 Å². The van der Waals surface area contributed by atoms with Crippen molar-refractivity contribution in [2.45, 2.75) is 26.7 Å². The number of aromatic carboxylic acids is 1. The van der Waals surface area contributed by atoms with Gasteiger partial charge in [0, 0.05) is 18.2 Å². The summed E-state index contributed by atoms with van der Waals surface area (Å²) in [6.45, 7) is 4.75. The third-order valence-corrected chi connectivity index (χ3v) is 6.01. The lowest BCUT2D eigenvalue weighted by Gasteiger charge is -2.15. The number of aromatic nitrogens is 2. The quantitative estimate of drug-likeness (QED) is 0.374. The molecule has 0 aliphatic carbocycles. The van der Waals surface area contributed by atoms with Gasteiger partial charge in [-0.25, -0.2) is 14.8 Å². The zero-order valence-corrected chi connectivity index (χ0v) is 19.1. The number of carboxylic acids is 1. The summed E-state index contributed by atoms with van der Waals surface area (Å²) in [5.41, 5.74) is 4.98. The summed E-state index contributed by atoms with van der Waals surface area (Å²) < 4.78 is 5.67. The standard InChI is InChI=1S/C27H27N3O3/c1-4-19-22(10-7-11-23(19)27(31)32)24-15-26(30-16-29-24)28-13-12-21-17(2)20-9-6-5-8-18(20)14-25(21)33-3/h5-11,14-16H,4,12-13H2,1-3H3,(H,31,32)(H,28,29,30). The van der Waals surface area contributed by atoms with E-state index >= 15 is 0 Å². The van der Waals surface area contributed by atoms with E-state index in [1.54, 1.807) is 19.2 Å². The first-order valence-corrected chi connectivity index (χ1v) is 11.0. The highest BCUT2D eigenvalue weighted by molar-refractivity contribution is 5.92. The second-order valence-corrected chi connectivity index (χ2v) is 7.86. The van der Waals surface area contributed by atoms with E-state index in [1.165, 1.54) is 28.2 Å². The number of benzene rings is 3. The predicted octanol–water partition coefficient (Wildman–Crippen LogP) is 5.53. The summed E-state index contributed by atoms with van der Waals surface area (Å²) in [6, 6.07) is 17.6. The molecule has 4 rings (SSSR count). The topological polar surface area (TPSA) is 84.3 Å². The Morgan fingerprint density at radius 1 is 1.06 bits per heavy atom.